The van der Waals surface area contributed by atoms with Crippen molar-refractivity contribution in [3.63, 3.8) is 0 Å². The topological polar surface area (TPSA) is 75.3 Å². The van der Waals surface area contributed by atoms with E-state index in [4.69, 9.17) is 0 Å². The first kappa shape index (κ1) is 15.0. The number of sulfone groups is 1. The minimum atomic E-state index is -3.11. The second kappa shape index (κ2) is 6.85. The Hall–Kier alpha value is -1.40. The summed E-state index contributed by atoms with van der Waals surface area (Å²) in [7, 11) is -3.11. The molecule has 0 bridgehead atoms. The molecule has 110 valence electrons. The standard InChI is InChI=1S/C14H20N2O3S/c17-14(13-9-15-10-13)16-7-4-8-20(18,19)11-12-5-2-1-3-6-12/h1-3,5-6,13,15H,4,7-11H2,(H,16,17). The minimum Gasteiger partial charge on any atom is -0.356 e. The van der Waals surface area contributed by atoms with E-state index >= 15 is 0 Å². The van der Waals surface area contributed by atoms with Crippen molar-refractivity contribution in [3.8, 4) is 0 Å². The number of carbonyl (C=O) groups excluding carboxylic acids is 1. The predicted octanol–water partition coefficient (Wildman–Crippen LogP) is 0.327. The van der Waals surface area contributed by atoms with Gasteiger partial charge in [-0.1, -0.05) is 30.3 Å². The van der Waals surface area contributed by atoms with Crippen molar-refractivity contribution in [1.29, 1.82) is 0 Å². The highest BCUT2D eigenvalue weighted by Crippen LogP contribution is 2.07. The van der Waals surface area contributed by atoms with Crippen LogP contribution in [0.5, 0.6) is 0 Å². The summed E-state index contributed by atoms with van der Waals surface area (Å²) >= 11 is 0. The largest absolute Gasteiger partial charge is 0.356 e. The first-order chi connectivity index (χ1) is 9.57. The Morgan fingerprint density at radius 1 is 1.25 bits per heavy atom. The van der Waals surface area contributed by atoms with Gasteiger partial charge in [-0.2, -0.15) is 0 Å². The molecular weight excluding hydrogens is 276 g/mol. The van der Waals surface area contributed by atoms with Crippen LogP contribution in [-0.4, -0.2) is 39.7 Å². The Morgan fingerprint density at radius 2 is 1.95 bits per heavy atom. The quantitative estimate of drug-likeness (QED) is 0.711. The highest BCUT2D eigenvalue weighted by atomic mass is 32.2. The molecular formula is C14H20N2O3S. The molecule has 0 saturated carbocycles. The summed E-state index contributed by atoms with van der Waals surface area (Å²) in [5.41, 5.74) is 0.803. The van der Waals surface area contributed by atoms with Crippen LogP contribution in [0.4, 0.5) is 0 Å². The van der Waals surface area contributed by atoms with Crippen molar-refractivity contribution < 1.29 is 13.2 Å². The maximum atomic E-state index is 11.9. The van der Waals surface area contributed by atoms with Crippen LogP contribution in [0.15, 0.2) is 30.3 Å². The summed E-state index contributed by atoms with van der Waals surface area (Å²) in [5.74, 6) is 0.236. The Kier molecular flexibility index (Phi) is 5.14. The fourth-order valence-corrected chi connectivity index (χ4v) is 3.45. The molecule has 1 heterocycles. The molecule has 1 aliphatic rings. The van der Waals surface area contributed by atoms with Gasteiger partial charge in [-0.05, 0) is 12.0 Å². The maximum absolute atomic E-state index is 11.9. The Labute approximate surface area is 119 Å². The molecule has 0 unspecified atom stereocenters. The molecule has 2 rings (SSSR count). The molecule has 1 amide bonds. The van der Waals surface area contributed by atoms with Gasteiger partial charge in [0, 0.05) is 19.6 Å². The molecule has 1 fully saturated rings. The van der Waals surface area contributed by atoms with Crippen molar-refractivity contribution in [2.75, 3.05) is 25.4 Å². The fourth-order valence-electron chi connectivity index (χ4n) is 2.02. The van der Waals surface area contributed by atoms with E-state index in [2.05, 4.69) is 10.6 Å². The number of rotatable bonds is 7. The lowest BCUT2D eigenvalue weighted by Gasteiger charge is -2.25. The first-order valence-electron chi connectivity index (χ1n) is 6.79. The molecule has 0 atom stereocenters. The van der Waals surface area contributed by atoms with Crippen molar-refractivity contribution in [2.45, 2.75) is 12.2 Å². The number of nitrogens with one attached hydrogen (secondary N) is 2. The van der Waals surface area contributed by atoms with Crippen molar-refractivity contribution in [1.82, 2.24) is 10.6 Å². The fraction of sp³-hybridized carbons (Fsp3) is 0.500. The zero-order chi connectivity index (χ0) is 14.4. The normalized spacial score (nSPS) is 15.6. The smallest absolute Gasteiger partial charge is 0.225 e. The average Bonchev–Trinajstić information content (AvgIpc) is 2.33. The second-order valence-corrected chi connectivity index (χ2v) is 7.26. The summed E-state index contributed by atoms with van der Waals surface area (Å²) in [5, 5.41) is 5.81. The molecule has 0 aromatic heterocycles. The maximum Gasteiger partial charge on any atom is 0.225 e. The van der Waals surface area contributed by atoms with Gasteiger partial charge in [-0.25, -0.2) is 8.42 Å². The third-order valence-electron chi connectivity index (χ3n) is 3.31. The van der Waals surface area contributed by atoms with Gasteiger partial charge >= 0.3 is 0 Å². The number of hydrogen-bond donors (Lipinski definition) is 2. The second-order valence-electron chi connectivity index (χ2n) is 5.08. The monoisotopic (exact) mass is 296 g/mol. The van der Waals surface area contributed by atoms with E-state index in [0.29, 0.717) is 13.0 Å². The highest BCUT2D eigenvalue weighted by Gasteiger charge is 2.24. The van der Waals surface area contributed by atoms with E-state index in [9.17, 15) is 13.2 Å². The summed E-state index contributed by atoms with van der Waals surface area (Å²) in [4.78, 5) is 11.5. The first-order valence-corrected chi connectivity index (χ1v) is 8.62. The van der Waals surface area contributed by atoms with Gasteiger partial charge in [0.1, 0.15) is 0 Å². The van der Waals surface area contributed by atoms with Crippen LogP contribution >= 0.6 is 0 Å². The highest BCUT2D eigenvalue weighted by molar-refractivity contribution is 7.90. The Bertz CT molecular complexity index is 539. The average molecular weight is 296 g/mol. The molecule has 0 radical (unpaired) electrons. The Morgan fingerprint density at radius 3 is 2.55 bits per heavy atom. The van der Waals surface area contributed by atoms with E-state index in [1.807, 2.05) is 30.3 Å². The zero-order valence-electron chi connectivity index (χ0n) is 11.3. The molecule has 0 aliphatic carbocycles. The van der Waals surface area contributed by atoms with Gasteiger partial charge in [0.25, 0.3) is 0 Å². The number of carbonyl (C=O) groups is 1. The van der Waals surface area contributed by atoms with Crippen LogP contribution in [0, 0.1) is 5.92 Å². The van der Waals surface area contributed by atoms with Gasteiger partial charge in [-0.15, -0.1) is 0 Å². The lowest BCUT2D eigenvalue weighted by molar-refractivity contribution is -0.126. The third kappa shape index (κ3) is 4.61. The summed E-state index contributed by atoms with van der Waals surface area (Å²) in [6, 6.07) is 9.14. The molecule has 1 aromatic rings. The van der Waals surface area contributed by atoms with Gasteiger partial charge < -0.3 is 10.6 Å². The van der Waals surface area contributed by atoms with E-state index in [-0.39, 0.29) is 23.3 Å². The molecule has 1 saturated heterocycles. The summed E-state index contributed by atoms with van der Waals surface area (Å²) in [6.07, 6.45) is 0.459. The predicted molar refractivity (Wildman–Crippen MR) is 77.9 cm³/mol. The molecule has 0 spiro atoms. The van der Waals surface area contributed by atoms with Gasteiger partial charge in [0.05, 0.1) is 17.4 Å². The number of amides is 1. The van der Waals surface area contributed by atoms with Gasteiger partial charge in [0.2, 0.25) is 5.91 Å². The van der Waals surface area contributed by atoms with E-state index in [1.54, 1.807) is 0 Å². The van der Waals surface area contributed by atoms with Crippen LogP contribution in [0.1, 0.15) is 12.0 Å². The van der Waals surface area contributed by atoms with Crippen LogP contribution in [-0.2, 0) is 20.4 Å². The molecule has 1 aromatic carbocycles. The van der Waals surface area contributed by atoms with Crippen molar-refractivity contribution >= 4 is 15.7 Å². The SMILES string of the molecule is O=C(NCCCS(=O)(=O)Cc1ccccc1)C1CNC1. The van der Waals surface area contributed by atoms with E-state index < -0.39 is 9.84 Å². The zero-order valence-corrected chi connectivity index (χ0v) is 12.2. The van der Waals surface area contributed by atoms with Crippen molar-refractivity contribution in [2.24, 2.45) is 5.92 Å². The van der Waals surface area contributed by atoms with Crippen LogP contribution in [0.3, 0.4) is 0 Å². The van der Waals surface area contributed by atoms with Gasteiger partial charge in [-0.3, -0.25) is 4.79 Å². The Balaban J connectivity index is 1.68. The number of hydrogen-bond acceptors (Lipinski definition) is 4. The third-order valence-corrected chi connectivity index (χ3v) is 5.00. The minimum absolute atomic E-state index is 0.0178. The van der Waals surface area contributed by atoms with Crippen LogP contribution in [0.2, 0.25) is 0 Å². The molecule has 20 heavy (non-hydrogen) atoms. The lowest BCUT2D eigenvalue weighted by Crippen LogP contribution is -2.50. The molecule has 5 nitrogen and oxygen atoms in total. The molecule has 6 heteroatoms. The molecule has 2 N–H and O–H groups in total. The summed E-state index contributed by atoms with van der Waals surface area (Å²) in [6.45, 7) is 1.86. The lowest BCUT2D eigenvalue weighted by atomic mass is 10.0. The number of benzene rings is 1. The molecule has 1 aliphatic heterocycles. The van der Waals surface area contributed by atoms with Crippen molar-refractivity contribution in [3.05, 3.63) is 35.9 Å². The summed E-state index contributed by atoms with van der Waals surface area (Å²) < 4.78 is 23.8. The van der Waals surface area contributed by atoms with E-state index in [1.165, 1.54) is 0 Å². The van der Waals surface area contributed by atoms with Crippen LogP contribution in [0.25, 0.3) is 0 Å². The van der Waals surface area contributed by atoms with E-state index in [0.717, 1.165) is 18.7 Å². The van der Waals surface area contributed by atoms with Gasteiger partial charge in [0.15, 0.2) is 9.84 Å². The van der Waals surface area contributed by atoms with Crippen LogP contribution < -0.4 is 10.6 Å².